The third-order valence-corrected chi connectivity index (χ3v) is 11.7. The Bertz CT molecular complexity index is 564. The van der Waals surface area contributed by atoms with E-state index in [0.29, 0.717) is 11.1 Å². The van der Waals surface area contributed by atoms with Crippen LogP contribution >= 0.6 is 0 Å². The largest absolute Gasteiger partial charge is 0.293 e. The summed E-state index contributed by atoms with van der Waals surface area (Å²) in [6.07, 6.45) is 53.3. The number of rotatable bonds is 40. The minimum atomic E-state index is 0.304. The zero-order chi connectivity index (χ0) is 35.4. The molecule has 48 heavy (non-hydrogen) atoms. The van der Waals surface area contributed by atoms with Crippen LogP contribution in [0.15, 0.2) is 0 Å². The zero-order valence-electron chi connectivity index (χ0n) is 35.3. The van der Waals surface area contributed by atoms with Crippen LogP contribution in [0.5, 0.6) is 0 Å². The van der Waals surface area contributed by atoms with E-state index in [9.17, 15) is 0 Å². The summed E-state index contributed by atoms with van der Waals surface area (Å²) >= 11 is 0. The van der Waals surface area contributed by atoms with Crippen molar-refractivity contribution in [3.63, 3.8) is 0 Å². The molecule has 0 aromatic heterocycles. The first-order valence-electron chi connectivity index (χ1n) is 23.1. The summed E-state index contributed by atoms with van der Waals surface area (Å²) < 4.78 is 0. The molecule has 0 aromatic carbocycles. The van der Waals surface area contributed by atoms with E-state index in [-0.39, 0.29) is 0 Å². The van der Waals surface area contributed by atoms with Gasteiger partial charge in [-0.05, 0) is 53.5 Å². The summed E-state index contributed by atoms with van der Waals surface area (Å²) in [5, 5.41) is 0. The first-order chi connectivity index (χ1) is 23.3. The lowest BCUT2D eigenvalue weighted by Crippen LogP contribution is -2.55. The van der Waals surface area contributed by atoms with Gasteiger partial charge in [0.1, 0.15) is 0 Å². The minimum absolute atomic E-state index is 0.304. The quantitative estimate of drug-likeness (QED) is 0.0584. The predicted molar refractivity (Wildman–Crippen MR) is 223 cm³/mol. The number of hydrogen-bond acceptors (Lipinski definition) is 1. The van der Waals surface area contributed by atoms with E-state index in [1.165, 1.54) is 244 Å². The maximum atomic E-state index is 2.99. The molecule has 0 aliphatic carbocycles. The van der Waals surface area contributed by atoms with Gasteiger partial charge in [-0.15, -0.1) is 0 Å². The molecule has 0 unspecified atom stereocenters. The van der Waals surface area contributed by atoms with Gasteiger partial charge in [-0.2, -0.15) is 0 Å². The average molecular weight is 676 g/mol. The Morgan fingerprint density at radius 2 is 0.438 bits per heavy atom. The van der Waals surface area contributed by atoms with Crippen LogP contribution in [0.2, 0.25) is 0 Å². The van der Waals surface area contributed by atoms with Crippen molar-refractivity contribution in [2.45, 2.75) is 297 Å². The highest BCUT2D eigenvalue weighted by Gasteiger charge is 2.36. The van der Waals surface area contributed by atoms with Crippen LogP contribution in [0, 0.1) is 0 Å². The Morgan fingerprint density at radius 1 is 0.250 bits per heavy atom. The molecule has 0 bridgehead atoms. The molecule has 0 spiro atoms. The van der Waals surface area contributed by atoms with Crippen molar-refractivity contribution >= 4 is 0 Å². The molecular formula is C47H97N. The van der Waals surface area contributed by atoms with Gasteiger partial charge in [0.2, 0.25) is 0 Å². The molecule has 0 saturated heterocycles. The molecule has 0 saturated carbocycles. The summed E-state index contributed by atoms with van der Waals surface area (Å²) in [4.78, 5) is 2.99. The first kappa shape index (κ1) is 48.0. The molecule has 0 amide bonds. The summed E-state index contributed by atoms with van der Waals surface area (Å²) in [7, 11) is 0. The van der Waals surface area contributed by atoms with Crippen LogP contribution < -0.4 is 0 Å². The Labute approximate surface area is 307 Å². The van der Waals surface area contributed by atoms with Crippen molar-refractivity contribution in [2.75, 3.05) is 6.54 Å². The van der Waals surface area contributed by atoms with Crippen LogP contribution in [0.1, 0.15) is 286 Å². The van der Waals surface area contributed by atoms with Gasteiger partial charge in [0.15, 0.2) is 0 Å². The smallest absolute Gasteiger partial charge is 0.0158 e. The second-order valence-corrected chi connectivity index (χ2v) is 17.6. The topological polar surface area (TPSA) is 3.24 Å². The summed E-state index contributed by atoms with van der Waals surface area (Å²) in [6.45, 7) is 18.6. The maximum Gasteiger partial charge on any atom is 0.0158 e. The fraction of sp³-hybridized carbons (Fsp3) is 1.00. The van der Waals surface area contributed by atoms with Gasteiger partial charge >= 0.3 is 0 Å². The molecule has 290 valence electrons. The van der Waals surface area contributed by atoms with E-state index in [2.05, 4.69) is 53.4 Å². The lowest BCUT2D eigenvalue weighted by Gasteiger charge is -2.49. The van der Waals surface area contributed by atoms with E-state index < -0.39 is 0 Å². The van der Waals surface area contributed by atoms with Gasteiger partial charge in [0.25, 0.3) is 0 Å². The molecule has 0 aliphatic heterocycles. The SMILES string of the molecule is CCCCCCCCCCCCCCCC(C)(C)N(CCCCCCCCCCC)C(C)(C)CCCCCCCCCCCCCCC. The van der Waals surface area contributed by atoms with Crippen molar-refractivity contribution < 1.29 is 0 Å². The molecule has 0 N–H and O–H groups in total. The summed E-state index contributed by atoms with van der Waals surface area (Å²) in [5.41, 5.74) is 0.607. The van der Waals surface area contributed by atoms with Crippen LogP contribution in [0.3, 0.4) is 0 Å². The summed E-state index contributed by atoms with van der Waals surface area (Å²) in [5.74, 6) is 0. The first-order valence-corrected chi connectivity index (χ1v) is 23.1. The molecule has 1 heteroatoms. The maximum absolute atomic E-state index is 2.99. The number of nitrogens with zero attached hydrogens (tertiary/aromatic N) is 1. The van der Waals surface area contributed by atoms with Crippen molar-refractivity contribution in [2.24, 2.45) is 0 Å². The normalized spacial score (nSPS) is 12.5. The molecule has 0 rings (SSSR count). The second-order valence-electron chi connectivity index (χ2n) is 17.6. The van der Waals surface area contributed by atoms with E-state index >= 15 is 0 Å². The summed E-state index contributed by atoms with van der Waals surface area (Å²) in [6, 6.07) is 0. The Kier molecular flexibility index (Phi) is 35.3. The zero-order valence-corrected chi connectivity index (χ0v) is 35.3. The highest BCUT2D eigenvalue weighted by molar-refractivity contribution is 4.92. The highest BCUT2D eigenvalue weighted by atomic mass is 15.2. The van der Waals surface area contributed by atoms with E-state index in [1.807, 2.05) is 0 Å². The Morgan fingerprint density at radius 3 is 0.667 bits per heavy atom. The van der Waals surface area contributed by atoms with E-state index in [4.69, 9.17) is 0 Å². The van der Waals surface area contributed by atoms with E-state index in [1.54, 1.807) is 0 Å². The van der Waals surface area contributed by atoms with E-state index in [0.717, 1.165) is 0 Å². The fourth-order valence-corrected chi connectivity index (χ4v) is 8.43. The average Bonchev–Trinajstić information content (AvgIpc) is 3.06. The lowest BCUT2D eigenvalue weighted by atomic mass is 9.85. The highest BCUT2D eigenvalue weighted by Crippen LogP contribution is 2.34. The third-order valence-electron chi connectivity index (χ3n) is 11.7. The monoisotopic (exact) mass is 676 g/mol. The molecule has 0 radical (unpaired) electrons. The van der Waals surface area contributed by atoms with Gasteiger partial charge in [-0.1, -0.05) is 239 Å². The predicted octanol–water partition coefficient (Wildman–Crippen LogP) is 17.3. The van der Waals surface area contributed by atoms with Gasteiger partial charge in [-0.3, -0.25) is 4.90 Å². The lowest BCUT2D eigenvalue weighted by molar-refractivity contribution is 0.00151. The van der Waals surface area contributed by atoms with Gasteiger partial charge in [0.05, 0.1) is 0 Å². The van der Waals surface area contributed by atoms with Crippen molar-refractivity contribution in [1.82, 2.24) is 4.90 Å². The van der Waals surface area contributed by atoms with Crippen LogP contribution in [0.4, 0.5) is 0 Å². The van der Waals surface area contributed by atoms with Crippen molar-refractivity contribution in [3.8, 4) is 0 Å². The second kappa shape index (κ2) is 35.4. The van der Waals surface area contributed by atoms with Crippen molar-refractivity contribution in [1.29, 1.82) is 0 Å². The third kappa shape index (κ3) is 30.8. The Hall–Kier alpha value is -0.0400. The van der Waals surface area contributed by atoms with Gasteiger partial charge < -0.3 is 0 Å². The number of unbranched alkanes of at least 4 members (excludes halogenated alkanes) is 32. The van der Waals surface area contributed by atoms with Crippen LogP contribution in [-0.4, -0.2) is 22.5 Å². The molecule has 0 aliphatic rings. The minimum Gasteiger partial charge on any atom is -0.293 e. The molecule has 0 heterocycles. The van der Waals surface area contributed by atoms with Crippen LogP contribution in [0.25, 0.3) is 0 Å². The molecule has 0 fully saturated rings. The van der Waals surface area contributed by atoms with Gasteiger partial charge in [-0.25, -0.2) is 0 Å². The molecule has 0 atom stereocenters. The Balaban J connectivity index is 4.47. The standard InChI is InChI=1S/C47H97N/c1-8-11-14-17-20-23-25-27-29-31-34-37-40-43-46(4,5)48(45-42-39-36-33-22-19-16-13-10-3)47(6,7)44-41-38-35-32-30-28-26-24-21-18-15-12-9-2/h8-45H2,1-7H3. The van der Waals surface area contributed by atoms with Gasteiger partial charge in [0, 0.05) is 11.1 Å². The molecule has 0 aromatic rings. The van der Waals surface area contributed by atoms with Crippen molar-refractivity contribution in [3.05, 3.63) is 0 Å². The molecular weight excluding hydrogens is 579 g/mol. The number of hydrogen-bond donors (Lipinski definition) is 0. The van der Waals surface area contributed by atoms with Crippen LogP contribution in [-0.2, 0) is 0 Å². The fourth-order valence-electron chi connectivity index (χ4n) is 8.43. The molecule has 1 nitrogen and oxygen atoms in total.